The molecule has 28 heavy (non-hydrogen) atoms. The minimum atomic E-state index is -0.507. The average Bonchev–Trinajstić information content (AvgIpc) is 2.94. The Morgan fingerprint density at radius 3 is 2.46 bits per heavy atom. The molecule has 0 radical (unpaired) electrons. The summed E-state index contributed by atoms with van der Waals surface area (Å²) in [4.78, 5) is 31.4. The van der Waals surface area contributed by atoms with Crippen LogP contribution >= 0.6 is 11.6 Å². The van der Waals surface area contributed by atoms with Gasteiger partial charge in [-0.25, -0.2) is 4.98 Å². The molecule has 1 aromatic carbocycles. The molecule has 0 saturated carbocycles. The number of aromatic nitrogens is 4. The van der Waals surface area contributed by atoms with Gasteiger partial charge in [0.25, 0.3) is 11.6 Å². The molecule has 0 amide bonds. The Labute approximate surface area is 164 Å². The third-order valence-electron chi connectivity index (χ3n) is 4.07. The van der Waals surface area contributed by atoms with Crippen LogP contribution in [0.2, 0.25) is 5.15 Å². The number of halogens is 1. The van der Waals surface area contributed by atoms with Gasteiger partial charge in [-0.3, -0.25) is 20.0 Å². The highest BCUT2D eigenvalue weighted by atomic mass is 35.5. The first kappa shape index (κ1) is 19.4. The topological polar surface area (TPSA) is 131 Å². The molecule has 3 aromatic rings. The first-order valence-electron chi connectivity index (χ1n) is 8.33. The van der Waals surface area contributed by atoms with E-state index in [0.717, 1.165) is 10.2 Å². The van der Waals surface area contributed by atoms with Crippen LogP contribution in [0, 0.1) is 24.0 Å². The maximum absolute atomic E-state index is 12.7. The zero-order valence-corrected chi connectivity index (χ0v) is 16.1. The largest absolute Gasteiger partial charge is 0.301 e. The van der Waals surface area contributed by atoms with Crippen LogP contribution in [-0.4, -0.2) is 24.7 Å². The van der Waals surface area contributed by atoms with E-state index in [1.807, 2.05) is 6.92 Å². The van der Waals surface area contributed by atoms with Gasteiger partial charge in [0, 0.05) is 23.4 Å². The second kappa shape index (κ2) is 7.69. The van der Waals surface area contributed by atoms with Crippen molar-refractivity contribution in [3.63, 3.8) is 0 Å². The molecule has 10 nitrogen and oxygen atoms in total. The molecule has 144 valence electrons. The Morgan fingerprint density at radius 2 is 1.89 bits per heavy atom. The summed E-state index contributed by atoms with van der Waals surface area (Å²) in [6.45, 7) is 5.40. The number of rotatable bonds is 5. The minimum Gasteiger partial charge on any atom is -0.290 e. The van der Waals surface area contributed by atoms with E-state index in [9.17, 15) is 14.9 Å². The lowest BCUT2D eigenvalue weighted by molar-refractivity contribution is -0.384. The number of aromatic amines is 1. The Bertz CT molecular complexity index is 1110. The summed E-state index contributed by atoms with van der Waals surface area (Å²) in [5.74, 6) is 0.115. The molecular weight excluding hydrogens is 386 g/mol. The van der Waals surface area contributed by atoms with Crippen molar-refractivity contribution in [3.8, 4) is 5.95 Å². The molecule has 0 saturated heterocycles. The molecule has 1 N–H and O–H groups in total. The molecule has 11 heteroatoms. The van der Waals surface area contributed by atoms with Crippen LogP contribution in [0.5, 0.6) is 0 Å². The monoisotopic (exact) mass is 401 g/mol. The van der Waals surface area contributed by atoms with Crippen molar-refractivity contribution in [2.75, 3.05) is 0 Å². The van der Waals surface area contributed by atoms with Crippen molar-refractivity contribution in [3.05, 3.63) is 66.8 Å². The van der Waals surface area contributed by atoms with Crippen LogP contribution in [0.1, 0.15) is 23.9 Å². The van der Waals surface area contributed by atoms with Crippen molar-refractivity contribution in [1.82, 2.24) is 19.7 Å². The number of aryl methyl sites for hydroxylation is 2. The number of benzene rings is 1. The molecule has 0 unspecified atom stereocenters. The SMILES string of the molecule is CCc1c(C)nc(-n2[nH]c(C)c(N=Nc3ccc([N+](=O)[O-])cc3)c2=O)nc1Cl. The molecule has 0 fully saturated rings. The summed E-state index contributed by atoms with van der Waals surface area (Å²) in [6.07, 6.45) is 0.679. The third kappa shape index (κ3) is 3.67. The number of hydrogen-bond donors (Lipinski definition) is 1. The first-order chi connectivity index (χ1) is 13.3. The summed E-state index contributed by atoms with van der Waals surface area (Å²) < 4.78 is 1.15. The van der Waals surface area contributed by atoms with Crippen molar-refractivity contribution in [2.45, 2.75) is 27.2 Å². The fourth-order valence-corrected chi connectivity index (χ4v) is 2.94. The van der Waals surface area contributed by atoms with Crippen LogP contribution in [-0.2, 0) is 6.42 Å². The molecule has 0 atom stereocenters. The van der Waals surface area contributed by atoms with Gasteiger partial charge < -0.3 is 0 Å². The molecule has 0 aliphatic carbocycles. The normalized spacial score (nSPS) is 11.3. The molecule has 0 aliphatic rings. The maximum Gasteiger partial charge on any atom is 0.301 e. The Morgan fingerprint density at radius 1 is 1.21 bits per heavy atom. The summed E-state index contributed by atoms with van der Waals surface area (Å²) in [6, 6.07) is 5.50. The Hall–Kier alpha value is -3.40. The van der Waals surface area contributed by atoms with Crippen LogP contribution in [0.4, 0.5) is 17.1 Å². The number of nitrogens with zero attached hydrogens (tertiary/aromatic N) is 6. The second-order valence-electron chi connectivity index (χ2n) is 5.93. The van der Waals surface area contributed by atoms with Gasteiger partial charge in [-0.15, -0.1) is 5.11 Å². The number of non-ortho nitro benzene ring substituents is 1. The van der Waals surface area contributed by atoms with Crippen molar-refractivity contribution in [1.29, 1.82) is 0 Å². The van der Waals surface area contributed by atoms with E-state index in [0.29, 0.717) is 28.6 Å². The fraction of sp³-hybridized carbons (Fsp3) is 0.235. The van der Waals surface area contributed by atoms with Gasteiger partial charge in [-0.1, -0.05) is 18.5 Å². The lowest BCUT2D eigenvalue weighted by Gasteiger charge is -2.07. The van der Waals surface area contributed by atoms with E-state index in [2.05, 4.69) is 25.3 Å². The molecular formula is C17H16ClN7O3. The number of hydrogen-bond acceptors (Lipinski definition) is 7. The van der Waals surface area contributed by atoms with Crippen LogP contribution in [0.15, 0.2) is 39.3 Å². The zero-order valence-electron chi connectivity index (χ0n) is 15.3. The predicted octanol–water partition coefficient (Wildman–Crippen LogP) is 4.11. The van der Waals surface area contributed by atoms with Crippen molar-refractivity contribution >= 4 is 28.7 Å². The third-order valence-corrected chi connectivity index (χ3v) is 4.38. The Kier molecular flexibility index (Phi) is 5.32. The van der Waals surface area contributed by atoms with E-state index in [1.54, 1.807) is 13.8 Å². The molecule has 0 bridgehead atoms. The number of nitrogens with one attached hydrogen (secondary N) is 1. The number of H-pyrrole nitrogens is 1. The highest BCUT2D eigenvalue weighted by Crippen LogP contribution is 2.22. The summed E-state index contributed by atoms with van der Waals surface area (Å²) in [5, 5.41) is 21.8. The van der Waals surface area contributed by atoms with Crippen molar-refractivity contribution < 1.29 is 4.92 Å². The highest BCUT2D eigenvalue weighted by molar-refractivity contribution is 6.30. The summed E-state index contributed by atoms with van der Waals surface area (Å²) >= 11 is 6.19. The Balaban J connectivity index is 1.96. The van der Waals surface area contributed by atoms with Crippen LogP contribution in [0.25, 0.3) is 5.95 Å². The lowest BCUT2D eigenvalue weighted by atomic mass is 10.2. The maximum atomic E-state index is 12.7. The molecule has 2 aromatic heterocycles. The summed E-state index contributed by atoms with van der Waals surface area (Å²) in [5.41, 5.74) is 1.88. The molecule has 0 spiro atoms. The second-order valence-corrected chi connectivity index (χ2v) is 6.29. The van der Waals surface area contributed by atoms with Crippen LogP contribution < -0.4 is 5.56 Å². The molecule has 2 heterocycles. The van der Waals surface area contributed by atoms with Gasteiger partial charge in [0.1, 0.15) is 5.15 Å². The highest BCUT2D eigenvalue weighted by Gasteiger charge is 2.16. The standard InChI is InChI=1S/C17H16ClN7O3/c1-4-13-9(2)19-17(20-15(13)18)24-16(26)14(10(3)23-24)22-21-11-5-7-12(8-6-11)25(27)28/h5-8,23H,4H2,1-3H3. The quantitative estimate of drug-likeness (QED) is 0.297. The van der Waals surface area contributed by atoms with Gasteiger partial charge in [0.05, 0.1) is 16.3 Å². The zero-order chi connectivity index (χ0) is 20.4. The average molecular weight is 402 g/mol. The number of nitro groups is 1. The minimum absolute atomic E-state index is 0.0564. The van der Waals surface area contributed by atoms with Crippen molar-refractivity contribution in [2.24, 2.45) is 10.2 Å². The smallest absolute Gasteiger partial charge is 0.290 e. The lowest BCUT2D eigenvalue weighted by Crippen LogP contribution is -2.18. The van der Waals surface area contributed by atoms with Gasteiger partial charge in [-0.2, -0.15) is 14.8 Å². The van der Waals surface area contributed by atoms with Gasteiger partial charge in [0.2, 0.25) is 0 Å². The van der Waals surface area contributed by atoms with E-state index in [4.69, 9.17) is 11.6 Å². The van der Waals surface area contributed by atoms with Crippen LogP contribution in [0.3, 0.4) is 0 Å². The first-order valence-corrected chi connectivity index (χ1v) is 8.70. The number of azo groups is 1. The summed E-state index contributed by atoms with van der Waals surface area (Å²) in [7, 11) is 0. The fourth-order valence-electron chi connectivity index (χ4n) is 2.59. The molecule has 0 aliphatic heterocycles. The van der Waals surface area contributed by atoms with Gasteiger partial charge in [0.15, 0.2) is 5.69 Å². The molecule has 3 rings (SSSR count). The van der Waals surface area contributed by atoms with E-state index < -0.39 is 10.5 Å². The van der Waals surface area contributed by atoms with E-state index in [1.165, 1.54) is 24.3 Å². The van der Waals surface area contributed by atoms with Gasteiger partial charge >= 0.3 is 5.56 Å². The number of nitro benzene ring substituents is 1. The van der Waals surface area contributed by atoms with E-state index in [-0.39, 0.29) is 17.3 Å². The van der Waals surface area contributed by atoms with E-state index >= 15 is 0 Å². The van der Waals surface area contributed by atoms with Gasteiger partial charge in [-0.05, 0) is 32.4 Å². The predicted molar refractivity (Wildman–Crippen MR) is 103 cm³/mol.